The highest BCUT2D eigenvalue weighted by Crippen LogP contribution is 2.31. The van der Waals surface area contributed by atoms with Crippen molar-refractivity contribution in [1.29, 1.82) is 0 Å². The van der Waals surface area contributed by atoms with Gasteiger partial charge < -0.3 is 4.74 Å². The third-order valence-electron chi connectivity index (χ3n) is 3.17. The Morgan fingerprint density at radius 2 is 2.00 bits per heavy atom. The van der Waals surface area contributed by atoms with Crippen molar-refractivity contribution in [1.82, 2.24) is 9.97 Å². The summed E-state index contributed by atoms with van der Waals surface area (Å²) in [6.07, 6.45) is 2.49. The molecule has 4 heteroatoms. The lowest BCUT2D eigenvalue weighted by Gasteiger charge is -2.23. The first-order valence-corrected chi connectivity index (χ1v) is 6.17. The molecule has 0 unspecified atom stereocenters. The van der Waals surface area contributed by atoms with E-state index in [-0.39, 0.29) is 12.1 Å². The quantitative estimate of drug-likeness (QED) is 0.721. The van der Waals surface area contributed by atoms with Crippen LogP contribution in [0.4, 0.5) is 0 Å². The lowest BCUT2D eigenvalue weighted by atomic mass is 9.97. The lowest BCUT2D eigenvalue weighted by Crippen LogP contribution is -2.18. The van der Waals surface area contributed by atoms with E-state index in [9.17, 15) is 4.79 Å². The molecule has 0 spiro atoms. The van der Waals surface area contributed by atoms with Gasteiger partial charge in [-0.2, -0.15) is 0 Å². The highest BCUT2D eigenvalue weighted by Gasteiger charge is 2.25. The van der Waals surface area contributed by atoms with Crippen LogP contribution in [0.2, 0.25) is 0 Å². The molecular formula is C14H14N2O2. The molecular weight excluding hydrogens is 228 g/mol. The molecule has 2 aromatic rings. The van der Waals surface area contributed by atoms with Gasteiger partial charge in [0.05, 0.1) is 16.7 Å². The number of carbonyl (C=O) groups is 1. The summed E-state index contributed by atoms with van der Waals surface area (Å²) in [4.78, 5) is 20.3. The van der Waals surface area contributed by atoms with Gasteiger partial charge in [0.1, 0.15) is 11.8 Å². The summed E-state index contributed by atoms with van der Waals surface area (Å²) in [5, 5.41) is 0. The number of rotatable bonds is 1. The van der Waals surface area contributed by atoms with E-state index in [4.69, 9.17) is 4.74 Å². The molecule has 0 N–H and O–H groups in total. The van der Waals surface area contributed by atoms with Crippen molar-refractivity contribution >= 4 is 17.0 Å². The number of para-hydroxylation sites is 2. The number of hydrogen-bond acceptors (Lipinski definition) is 4. The summed E-state index contributed by atoms with van der Waals surface area (Å²) in [5.74, 6) is -0.261. The summed E-state index contributed by atoms with van der Waals surface area (Å²) in [6.45, 7) is 1.43. The second-order valence-corrected chi connectivity index (χ2v) is 4.53. The second kappa shape index (κ2) is 4.37. The zero-order valence-electron chi connectivity index (χ0n) is 10.2. The maximum atomic E-state index is 11.1. The third-order valence-corrected chi connectivity index (χ3v) is 3.17. The topological polar surface area (TPSA) is 52.1 Å². The molecule has 0 saturated carbocycles. The molecule has 1 aliphatic carbocycles. The van der Waals surface area contributed by atoms with E-state index in [0.717, 1.165) is 41.7 Å². The first kappa shape index (κ1) is 11.1. The van der Waals surface area contributed by atoms with E-state index < -0.39 is 0 Å². The summed E-state index contributed by atoms with van der Waals surface area (Å²) < 4.78 is 5.33. The Bertz CT molecular complexity index is 610. The summed E-state index contributed by atoms with van der Waals surface area (Å²) >= 11 is 0. The van der Waals surface area contributed by atoms with Gasteiger partial charge in [0, 0.05) is 6.92 Å². The van der Waals surface area contributed by atoms with E-state index in [2.05, 4.69) is 9.97 Å². The normalized spacial score (nSPS) is 18.4. The molecule has 1 aromatic heterocycles. The van der Waals surface area contributed by atoms with Crippen LogP contribution in [0.3, 0.4) is 0 Å². The van der Waals surface area contributed by atoms with E-state index in [1.54, 1.807) is 0 Å². The van der Waals surface area contributed by atoms with E-state index in [1.807, 2.05) is 24.3 Å². The predicted octanol–water partition coefficient (Wildman–Crippen LogP) is 2.57. The van der Waals surface area contributed by atoms with Gasteiger partial charge in [0.2, 0.25) is 0 Å². The van der Waals surface area contributed by atoms with Gasteiger partial charge in [-0.25, -0.2) is 9.97 Å². The number of nitrogens with zero attached hydrogens (tertiary/aromatic N) is 2. The Labute approximate surface area is 105 Å². The summed E-state index contributed by atoms with van der Waals surface area (Å²) in [5.41, 5.74) is 3.55. The molecule has 0 saturated heterocycles. The van der Waals surface area contributed by atoms with Gasteiger partial charge in [0.25, 0.3) is 0 Å². The Hall–Kier alpha value is -1.97. The first-order valence-electron chi connectivity index (χ1n) is 6.17. The maximum absolute atomic E-state index is 11.1. The molecule has 1 aromatic carbocycles. The lowest BCUT2D eigenvalue weighted by molar-refractivity contribution is -0.147. The number of aromatic nitrogens is 2. The molecule has 0 aliphatic heterocycles. The van der Waals surface area contributed by atoms with Crippen LogP contribution in [-0.2, 0) is 16.0 Å². The van der Waals surface area contributed by atoms with Crippen LogP contribution in [0.25, 0.3) is 11.0 Å². The van der Waals surface area contributed by atoms with Gasteiger partial charge in [0.15, 0.2) is 0 Å². The summed E-state index contributed by atoms with van der Waals surface area (Å²) in [6, 6.07) is 7.78. The third kappa shape index (κ3) is 1.94. The van der Waals surface area contributed by atoms with E-state index in [1.165, 1.54) is 6.92 Å². The number of hydrogen-bond donors (Lipinski definition) is 0. The van der Waals surface area contributed by atoms with Crippen molar-refractivity contribution in [2.75, 3.05) is 0 Å². The minimum atomic E-state index is -0.261. The van der Waals surface area contributed by atoms with Gasteiger partial charge in [-0.1, -0.05) is 12.1 Å². The van der Waals surface area contributed by atoms with Crippen LogP contribution in [0.1, 0.15) is 37.3 Å². The number of esters is 1. The van der Waals surface area contributed by atoms with Gasteiger partial charge in [-0.15, -0.1) is 0 Å². The molecule has 3 rings (SSSR count). The minimum Gasteiger partial charge on any atom is -0.456 e. The van der Waals surface area contributed by atoms with Gasteiger partial charge >= 0.3 is 5.97 Å². The Balaban J connectivity index is 2.10. The molecule has 0 radical (unpaired) electrons. The maximum Gasteiger partial charge on any atom is 0.303 e. The van der Waals surface area contributed by atoms with Gasteiger partial charge in [-0.3, -0.25) is 4.79 Å². The smallest absolute Gasteiger partial charge is 0.303 e. The second-order valence-electron chi connectivity index (χ2n) is 4.53. The highest BCUT2D eigenvalue weighted by atomic mass is 16.5. The van der Waals surface area contributed by atoms with Crippen LogP contribution in [-0.4, -0.2) is 15.9 Å². The molecule has 0 fully saturated rings. The monoisotopic (exact) mass is 242 g/mol. The molecule has 4 nitrogen and oxygen atoms in total. The molecule has 1 heterocycles. The number of aryl methyl sites for hydroxylation is 1. The highest BCUT2D eigenvalue weighted by molar-refractivity contribution is 5.74. The summed E-state index contributed by atoms with van der Waals surface area (Å²) in [7, 11) is 0. The number of ether oxygens (including phenoxy) is 1. The largest absolute Gasteiger partial charge is 0.456 e. The predicted molar refractivity (Wildman–Crippen MR) is 67.0 cm³/mol. The average Bonchev–Trinajstić information content (AvgIpc) is 2.36. The fraction of sp³-hybridized carbons (Fsp3) is 0.357. The van der Waals surface area contributed by atoms with Crippen LogP contribution in [0.15, 0.2) is 24.3 Å². The Morgan fingerprint density at radius 1 is 1.28 bits per heavy atom. The first-order chi connectivity index (χ1) is 8.74. The fourth-order valence-corrected chi connectivity index (χ4v) is 2.40. The molecule has 1 atom stereocenters. The van der Waals surface area contributed by atoms with E-state index in [0.29, 0.717) is 0 Å². The van der Waals surface area contributed by atoms with Crippen LogP contribution < -0.4 is 0 Å². The van der Waals surface area contributed by atoms with Crippen LogP contribution in [0.5, 0.6) is 0 Å². The van der Waals surface area contributed by atoms with Crippen molar-refractivity contribution in [3.8, 4) is 0 Å². The number of benzene rings is 1. The van der Waals surface area contributed by atoms with Crippen molar-refractivity contribution in [2.45, 2.75) is 32.3 Å². The Morgan fingerprint density at radius 3 is 2.72 bits per heavy atom. The van der Waals surface area contributed by atoms with Crippen molar-refractivity contribution in [3.05, 3.63) is 35.7 Å². The fourth-order valence-electron chi connectivity index (χ4n) is 2.40. The SMILES string of the molecule is CC(=O)O[C@@H]1CCCc2nc3ccccc3nc21. The molecule has 18 heavy (non-hydrogen) atoms. The molecule has 0 amide bonds. The molecule has 0 bridgehead atoms. The number of fused-ring (bicyclic) bond motifs is 2. The Kier molecular flexibility index (Phi) is 2.70. The zero-order chi connectivity index (χ0) is 12.5. The van der Waals surface area contributed by atoms with Gasteiger partial charge in [-0.05, 0) is 31.4 Å². The molecule has 1 aliphatic rings. The van der Waals surface area contributed by atoms with Crippen molar-refractivity contribution in [2.24, 2.45) is 0 Å². The molecule has 92 valence electrons. The average molecular weight is 242 g/mol. The van der Waals surface area contributed by atoms with Crippen molar-refractivity contribution < 1.29 is 9.53 Å². The minimum absolute atomic E-state index is 0.233. The zero-order valence-corrected chi connectivity index (χ0v) is 10.2. The van der Waals surface area contributed by atoms with Crippen LogP contribution >= 0.6 is 0 Å². The standard InChI is InChI=1S/C14H14N2O2/c1-9(17)18-13-8-4-7-12-14(13)16-11-6-3-2-5-10(11)15-12/h2-3,5-6,13H,4,7-8H2,1H3/t13-/m1/s1. The van der Waals surface area contributed by atoms with E-state index >= 15 is 0 Å². The van der Waals surface area contributed by atoms with Crippen molar-refractivity contribution in [3.63, 3.8) is 0 Å². The van der Waals surface area contributed by atoms with Crippen LogP contribution in [0, 0.1) is 0 Å². The number of carbonyl (C=O) groups excluding carboxylic acids is 1.